The molecule has 0 saturated heterocycles. The van der Waals surface area contributed by atoms with Crippen LogP contribution >= 0.6 is 0 Å². The molecule has 6 nitrogen and oxygen atoms in total. The second kappa shape index (κ2) is 9.58. The van der Waals surface area contributed by atoms with Crippen molar-refractivity contribution in [2.75, 3.05) is 13.2 Å². The van der Waals surface area contributed by atoms with E-state index < -0.39 is 18.0 Å². The predicted molar refractivity (Wildman–Crippen MR) is 43.8 cm³/mol. The third kappa shape index (κ3) is 11.0. The van der Waals surface area contributed by atoms with Gasteiger partial charge >= 0.3 is 31.4 Å². The topological polar surface area (TPSA) is 78.9 Å². The smallest absolute Gasteiger partial charge is 0.650 e. The molecule has 0 aromatic rings. The zero-order valence-corrected chi connectivity index (χ0v) is 10.0. The van der Waals surface area contributed by atoms with E-state index in [1.807, 2.05) is 0 Å². The minimum absolute atomic E-state index is 0. The predicted octanol–water partition coefficient (Wildman–Crippen LogP) is -0.438. The normalized spacial score (nSPS) is 10.5. The zero-order valence-electron chi connectivity index (χ0n) is 8.29. The van der Waals surface area contributed by atoms with Crippen molar-refractivity contribution >= 4 is 18.4 Å². The van der Waals surface area contributed by atoms with Gasteiger partial charge in [0.05, 0.1) is 6.61 Å². The van der Waals surface area contributed by atoms with Crippen LogP contribution in [0.1, 0.15) is 13.8 Å². The number of carbonyl (C=O) groups is 2. The molecule has 1 radical (unpaired) electrons. The summed E-state index contributed by atoms with van der Waals surface area (Å²) in [5.41, 5.74) is 0. The third-order valence-electron chi connectivity index (χ3n) is 1.13. The molecule has 0 fully saturated rings. The Balaban J connectivity index is 0. The van der Waals surface area contributed by atoms with Crippen molar-refractivity contribution in [2.24, 2.45) is 0 Å². The van der Waals surface area contributed by atoms with E-state index in [1.165, 1.54) is 20.3 Å². The maximum Gasteiger partial charge on any atom is 1.00 e. The third-order valence-corrected chi connectivity index (χ3v) is 1.13. The van der Waals surface area contributed by atoms with Crippen molar-refractivity contribution in [3.8, 4) is 0 Å². The van der Waals surface area contributed by atoms with Gasteiger partial charge in [0.25, 0.3) is 0 Å². The van der Waals surface area contributed by atoms with Gasteiger partial charge < -0.3 is 19.0 Å². The molecule has 1 unspecified atom stereocenters. The summed E-state index contributed by atoms with van der Waals surface area (Å²) in [5, 5.41) is 0. The van der Waals surface area contributed by atoms with E-state index in [1.54, 1.807) is 0 Å². The first-order valence-electron chi connectivity index (χ1n) is 3.85. The summed E-state index contributed by atoms with van der Waals surface area (Å²) in [5.74, 6) is -1.05. The van der Waals surface area contributed by atoms with E-state index >= 15 is 0 Å². The molecule has 0 heterocycles. The van der Waals surface area contributed by atoms with Crippen LogP contribution in [-0.2, 0) is 48.1 Å². The first-order valence-corrected chi connectivity index (χ1v) is 3.85. The Bertz CT molecular complexity index is 217. The molecule has 0 N–H and O–H groups in total. The van der Waals surface area contributed by atoms with Crippen molar-refractivity contribution in [3.05, 3.63) is 0 Å². The minimum Gasteiger partial charge on any atom is -0.650 e. The van der Waals surface area contributed by atoms with Gasteiger partial charge in [0.15, 0.2) is 6.10 Å². The second-order valence-corrected chi connectivity index (χ2v) is 2.43. The molecule has 0 saturated carbocycles. The van der Waals surface area contributed by atoms with Crippen molar-refractivity contribution < 1.29 is 48.1 Å². The van der Waals surface area contributed by atoms with Crippen LogP contribution in [0.15, 0.2) is 0 Å². The number of hydrogen-bond acceptors (Lipinski definition) is 6. The Kier molecular flexibility index (Phi) is 10.5. The SMILES string of the molecule is CC(=O)OCC(CO[C-]=O)OC(C)=O.[Ru+]. The quantitative estimate of drug-likeness (QED) is 0.286. The standard InChI is InChI=1S/C8H11O6.Ru/c1-6(10)13-4-8(3-12-5-9)14-7(2)11;/h8H,3-4H2,1-2H3;/q-1;+1. The number of rotatable bonds is 6. The Labute approximate surface area is 100 Å². The molecule has 0 aromatic heterocycles. The van der Waals surface area contributed by atoms with Crippen LogP contribution in [0.25, 0.3) is 0 Å². The van der Waals surface area contributed by atoms with Crippen molar-refractivity contribution in [1.82, 2.24) is 0 Å². The summed E-state index contributed by atoms with van der Waals surface area (Å²) in [4.78, 5) is 30.7. The molecule has 0 amide bonds. The van der Waals surface area contributed by atoms with E-state index in [0.29, 0.717) is 0 Å². The first-order chi connectivity index (χ1) is 6.56. The molecule has 0 aliphatic heterocycles. The van der Waals surface area contributed by atoms with Crippen LogP contribution in [-0.4, -0.2) is 37.7 Å². The summed E-state index contributed by atoms with van der Waals surface area (Å²) in [6.45, 7) is 3.27. The molecule has 0 aliphatic carbocycles. The summed E-state index contributed by atoms with van der Waals surface area (Å²) < 4.78 is 13.5. The minimum atomic E-state index is -0.780. The van der Waals surface area contributed by atoms with E-state index in [0.717, 1.165) is 0 Å². The van der Waals surface area contributed by atoms with E-state index in [4.69, 9.17) is 0 Å². The zero-order chi connectivity index (χ0) is 11.0. The van der Waals surface area contributed by atoms with Gasteiger partial charge in [-0.15, -0.1) is 0 Å². The monoisotopic (exact) mass is 305 g/mol. The molecule has 0 bridgehead atoms. The molecule has 1 atom stereocenters. The van der Waals surface area contributed by atoms with Crippen LogP contribution in [0, 0.1) is 0 Å². The van der Waals surface area contributed by atoms with Gasteiger partial charge in [-0.1, -0.05) is 6.47 Å². The van der Waals surface area contributed by atoms with Gasteiger partial charge in [-0.25, -0.2) is 0 Å². The van der Waals surface area contributed by atoms with Gasteiger partial charge in [-0.3, -0.25) is 9.59 Å². The molecular weight excluding hydrogens is 293 g/mol. The Hall–Kier alpha value is -0.967. The second-order valence-electron chi connectivity index (χ2n) is 2.43. The molecule has 0 rings (SSSR count). The van der Waals surface area contributed by atoms with Crippen LogP contribution in [0.3, 0.4) is 0 Å². The molecule has 87 valence electrons. The first kappa shape index (κ1) is 16.5. The van der Waals surface area contributed by atoms with Crippen molar-refractivity contribution in [2.45, 2.75) is 20.0 Å². The Morgan fingerprint density at radius 2 is 1.80 bits per heavy atom. The van der Waals surface area contributed by atoms with E-state index in [2.05, 4.69) is 14.2 Å². The van der Waals surface area contributed by atoms with Gasteiger partial charge in [-0.2, -0.15) is 0 Å². The fourth-order valence-electron chi connectivity index (χ4n) is 0.688. The van der Waals surface area contributed by atoms with Gasteiger partial charge in [0.2, 0.25) is 0 Å². The van der Waals surface area contributed by atoms with Crippen LogP contribution < -0.4 is 0 Å². The average Bonchev–Trinajstić information content (AvgIpc) is 2.09. The van der Waals surface area contributed by atoms with E-state index in [-0.39, 0.29) is 32.7 Å². The summed E-state index contributed by atoms with van der Waals surface area (Å²) in [6, 6.07) is 0. The van der Waals surface area contributed by atoms with Crippen LogP contribution in [0.4, 0.5) is 0 Å². The maximum absolute atomic E-state index is 10.5. The molecule has 0 aromatic carbocycles. The molecule has 0 aliphatic rings. The van der Waals surface area contributed by atoms with Crippen molar-refractivity contribution in [3.63, 3.8) is 0 Å². The molecule has 15 heavy (non-hydrogen) atoms. The largest absolute Gasteiger partial charge is 1.00 e. The van der Waals surface area contributed by atoms with Gasteiger partial charge in [0.1, 0.15) is 6.61 Å². The number of carbonyl (C=O) groups excluding carboxylic acids is 3. The van der Waals surface area contributed by atoms with Crippen molar-refractivity contribution in [1.29, 1.82) is 0 Å². The fourth-order valence-corrected chi connectivity index (χ4v) is 0.688. The van der Waals surface area contributed by atoms with E-state index in [9.17, 15) is 14.4 Å². The number of ether oxygens (including phenoxy) is 3. The number of esters is 2. The fraction of sp³-hybridized carbons (Fsp3) is 0.625. The van der Waals surface area contributed by atoms with Crippen LogP contribution in [0.5, 0.6) is 0 Å². The summed E-state index contributed by atoms with van der Waals surface area (Å²) >= 11 is 0. The Morgan fingerprint density at radius 3 is 2.20 bits per heavy atom. The molecule has 7 heteroatoms. The summed E-state index contributed by atoms with van der Waals surface area (Å²) in [6.07, 6.45) is -0.780. The maximum atomic E-state index is 10.5. The Morgan fingerprint density at radius 1 is 1.20 bits per heavy atom. The average molecular weight is 304 g/mol. The molecule has 0 spiro atoms. The number of hydrogen-bond donors (Lipinski definition) is 0. The summed E-state index contributed by atoms with van der Waals surface area (Å²) in [7, 11) is 0. The van der Waals surface area contributed by atoms with Gasteiger partial charge in [0, 0.05) is 13.8 Å². The van der Waals surface area contributed by atoms with Gasteiger partial charge in [-0.05, 0) is 0 Å². The van der Waals surface area contributed by atoms with Crippen LogP contribution in [0.2, 0.25) is 0 Å². The molecular formula is C8H11O6Ru.